The summed E-state index contributed by atoms with van der Waals surface area (Å²) in [6, 6.07) is 0.392. The highest BCUT2D eigenvalue weighted by Gasteiger charge is 2.30. The van der Waals surface area contributed by atoms with Crippen LogP contribution in [0.5, 0.6) is 0 Å². The van der Waals surface area contributed by atoms with Gasteiger partial charge < -0.3 is 5.11 Å². The highest BCUT2D eigenvalue weighted by Crippen LogP contribution is 2.26. The minimum atomic E-state index is 0.317. The Morgan fingerprint density at radius 2 is 2.00 bits per heavy atom. The molecular formula is C12H25NO. The molecule has 1 rings (SSSR count). The normalized spacial score (nSPS) is 30.6. The maximum Gasteiger partial charge on any atom is 0.0589 e. The smallest absolute Gasteiger partial charge is 0.0589 e. The molecule has 0 radical (unpaired) electrons. The van der Waals surface area contributed by atoms with Crippen LogP contribution in [0.1, 0.15) is 40.5 Å². The third kappa shape index (κ3) is 3.25. The standard InChI is InChI=1S/C12H25NO/c1-10-6-5-7-13(11(10)8-14)9-12(2,3)4/h10-11,14H,5-9H2,1-4H3. The maximum absolute atomic E-state index is 9.39. The Labute approximate surface area is 88.3 Å². The number of aliphatic hydroxyl groups is 1. The van der Waals surface area contributed by atoms with Crippen LogP contribution >= 0.6 is 0 Å². The molecule has 1 heterocycles. The van der Waals surface area contributed by atoms with Crippen LogP contribution in [0.2, 0.25) is 0 Å². The molecule has 0 spiro atoms. The molecule has 1 fully saturated rings. The predicted octanol–water partition coefficient (Wildman–Crippen LogP) is 2.13. The zero-order valence-corrected chi connectivity index (χ0v) is 10.1. The minimum absolute atomic E-state index is 0.317. The van der Waals surface area contributed by atoms with E-state index in [4.69, 9.17) is 0 Å². The van der Waals surface area contributed by atoms with E-state index in [1.165, 1.54) is 12.8 Å². The van der Waals surface area contributed by atoms with Gasteiger partial charge in [0.1, 0.15) is 0 Å². The number of hydrogen-bond donors (Lipinski definition) is 1. The van der Waals surface area contributed by atoms with Crippen molar-refractivity contribution in [3.63, 3.8) is 0 Å². The molecule has 1 N–H and O–H groups in total. The van der Waals surface area contributed by atoms with Crippen LogP contribution in [0.3, 0.4) is 0 Å². The van der Waals surface area contributed by atoms with E-state index in [9.17, 15) is 5.11 Å². The summed E-state index contributed by atoms with van der Waals surface area (Å²) in [4.78, 5) is 2.47. The molecule has 0 amide bonds. The van der Waals surface area contributed by atoms with Gasteiger partial charge in [-0.05, 0) is 30.7 Å². The molecule has 84 valence electrons. The molecule has 0 bridgehead atoms. The van der Waals surface area contributed by atoms with Crippen LogP contribution in [0.15, 0.2) is 0 Å². The molecule has 0 aromatic heterocycles. The van der Waals surface area contributed by atoms with Gasteiger partial charge in [0.2, 0.25) is 0 Å². The largest absolute Gasteiger partial charge is 0.395 e. The van der Waals surface area contributed by atoms with Gasteiger partial charge in [-0.25, -0.2) is 0 Å². The number of piperidine rings is 1. The first-order valence-corrected chi connectivity index (χ1v) is 5.79. The predicted molar refractivity (Wildman–Crippen MR) is 60.3 cm³/mol. The van der Waals surface area contributed by atoms with Crippen molar-refractivity contribution in [1.82, 2.24) is 4.90 Å². The van der Waals surface area contributed by atoms with E-state index in [2.05, 4.69) is 32.6 Å². The van der Waals surface area contributed by atoms with E-state index >= 15 is 0 Å². The lowest BCUT2D eigenvalue weighted by atomic mass is 9.88. The first kappa shape index (κ1) is 12.0. The summed E-state index contributed by atoms with van der Waals surface area (Å²) >= 11 is 0. The molecule has 0 aromatic rings. The first-order chi connectivity index (χ1) is 6.44. The monoisotopic (exact) mass is 199 g/mol. The highest BCUT2D eigenvalue weighted by atomic mass is 16.3. The fraction of sp³-hybridized carbons (Fsp3) is 1.00. The summed E-state index contributed by atoms with van der Waals surface area (Å²) in [5.74, 6) is 0.649. The van der Waals surface area contributed by atoms with Crippen molar-refractivity contribution in [3.05, 3.63) is 0 Å². The van der Waals surface area contributed by atoms with Gasteiger partial charge in [-0.1, -0.05) is 27.7 Å². The van der Waals surface area contributed by atoms with Gasteiger partial charge in [-0.3, -0.25) is 4.90 Å². The van der Waals surface area contributed by atoms with Crippen molar-refractivity contribution < 1.29 is 5.11 Å². The van der Waals surface area contributed by atoms with E-state index in [0.717, 1.165) is 13.1 Å². The van der Waals surface area contributed by atoms with Gasteiger partial charge in [0.15, 0.2) is 0 Å². The zero-order chi connectivity index (χ0) is 10.8. The van der Waals surface area contributed by atoms with Gasteiger partial charge in [0.05, 0.1) is 6.61 Å². The zero-order valence-electron chi connectivity index (χ0n) is 10.1. The summed E-state index contributed by atoms with van der Waals surface area (Å²) < 4.78 is 0. The molecule has 1 aliphatic rings. The van der Waals surface area contributed by atoms with Crippen molar-refractivity contribution in [2.75, 3.05) is 19.7 Å². The molecule has 1 saturated heterocycles. The first-order valence-electron chi connectivity index (χ1n) is 5.79. The molecule has 2 unspecified atom stereocenters. The molecule has 2 nitrogen and oxygen atoms in total. The fourth-order valence-corrected chi connectivity index (χ4v) is 2.44. The van der Waals surface area contributed by atoms with Crippen LogP contribution in [-0.2, 0) is 0 Å². The van der Waals surface area contributed by atoms with Gasteiger partial charge in [0.25, 0.3) is 0 Å². The van der Waals surface area contributed by atoms with E-state index in [0.29, 0.717) is 24.0 Å². The lowest BCUT2D eigenvalue weighted by Gasteiger charge is -2.42. The van der Waals surface area contributed by atoms with E-state index in [1.807, 2.05) is 0 Å². The Hall–Kier alpha value is -0.0800. The summed E-state index contributed by atoms with van der Waals surface area (Å²) in [6.07, 6.45) is 2.56. The average molecular weight is 199 g/mol. The summed E-state index contributed by atoms with van der Waals surface area (Å²) in [5.41, 5.74) is 0.338. The van der Waals surface area contributed by atoms with Gasteiger partial charge in [-0.2, -0.15) is 0 Å². The van der Waals surface area contributed by atoms with Crippen molar-refractivity contribution in [2.45, 2.75) is 46.6 Å². The third-order valence-corrected chi connectivity index (χ3v) is 3.10. The van der Waals surface area contributed by atoms with Crippen LogP contribution in [0, 0.1) is 11.3 Å². The molecule has 0 aromatic carbocycles. The van der Waals surface area contributed by atoms with E-state index in [1.54, 1.807) is 0 Å². The van der Waals surface area contributed by atoms with Crippen LogP contribution in [0.4, 0.5) is 0 Å². The number of aliphatic hydroxyl groups excluding tert-OH is 1. The van der Waals surface area contributed by atoms with E-state index in [-0.39, 0.29) is 0 Å². The molecule has 14 heavy (non-hydrogen) atoms. The van der Waals surface area contributed by atoms with Crippen molar-refractivity contribution in [2.24, 2.45) is 11.3 Å². The Balaban J connectivity index is 2.56. The second kappa shape index (κ2) is 4.63. The number of nitrogens with zero attached hydrogens (tertiary/aromatic N) is 1. The van der Waals surface area contributed by atoms with Gasteiger partial charge in [-0.15, -0.1) is 0 Å². The molecule has 2 heteroatoms. The Morgan fingerprint density at radius 3 is 2.50 bits per heavy atom. The summed E-state index contributed by atoms with van der Waals surface area (Å²) in [7, 11) is 0. The molecule has 2 atom stereocenters. The lowest BCUT2D eigenvalue weighted by molar-refractivity contribution is 0.0305. The lowest BCUT2D eigenvalue weighted by Crippen LogP contribution is -2.49. The maximum atomic E-state index is 9.39. The molecular weight excluding hydrogens is 174 g/mol. The SMILES string of the molecule is CC1CCCN(CC(C)(C)C)C1CO. The molecule has 0 aliphatic carbocycles. The van der Waals surface area contributed by atoms with Crippen molar-refractivity contribution >= 4 is 0 Å². The number of rotatable bonds is 2. The summed E-state index contributed by atoms with van der Waals surface area (Å²) in [6.45, 7) is 11.6. The summed E-state index contributed by atoms with van der Waals surface area (Å²) in [5, 5.41) is 9.39. The van der Waals surface area contributed by atoms with E-state index < -0.39 is 0 Å². The average Bonchev–Trinajstić information content (AvgIpc) is 2.01. The van der Waals surface area contributed by atoms with Crippen LogP contribution in [0.25, 0.3) is 0 Å². The minimum Gasteiger partial charge on any atom is -0.395 e. The van der Waals surface area contributed by atoms with Crippen molar-refractivity contribution in [1.29, 1.82) is 0 Å². The second-order valence-electron chi connectivity index (χ2n) is 5.90. The Morgan fingerprint density at radius 1 is 1.36 bits per heavy atom. The Kier molecular flexibility index (Phi) is 3.96. The number of likely N-dealkylation sites (tertiary alicyclic amines) is 1. The van der Waals surface area contributed by atoms with Gasteiger partial charge in [0, 0.05) is 12.6 Å². The number of hydrogen-bond acceptors (Lipinski definition) is 2. The Bertz CT molecular complexity index is 174. The second-order valence-corrected chi connectivity index (χ2v) is 5.90. The van der Waals surface area contributed by atoms with Crippen molar-refractivity contribution in [3.8, 4) is 0 Å². The molecule has 1 aliphatic heterocycles. The quantitative estimate of drug-likeness (QED) is 0.736. The molecule has 0 saturated carbocycles. The van der Waals surface area contributed by atoms with Crippen LogP contribution < -0.4 is 0 Å². The van der Waals surface area contributed by atoms with Gasteiger partial charge >= 0.3 is 0 Å². The third-order valence-electron chi connectivity index (χ3n) is 3.10. The van der Waals surface area contributed by atoms with Crippen LogP contribution in [-0.4, -0.2) is 35.7 Å². The highest BCUT2D eigenvalue weighted by molar-refractivity contribution is 4.83. The topological polar surface area (TPSA) is 23.5 Å². The fourth-order valence-electron chi connectivity index (χ4n) is 2.44.